The predicted octanol–water partition coefficient (Wildman–Crippen LogP) is 3.59. The van der Waals surface area contributed by atoms with Crippen molar-refractivity contribution in [2.45, 2.75) is 50.6 Å². The van der Waals surface area contributed by atoms with Crippen LogP contribution in [0, 0.1) is 11.8 Å². The number of amides is 1. The number of ether oxygens (including phenoxy) is 2. The summed E-state index contributed by atoms with van der Waals surface area (Å²) in [6.07, 6.45) is 11.3. The van der Waals surface area contributed by atoms with E-state index >= 15 is 0 Å². The van der Waals surface area contributed by atoms with Gasteiger partial charge >= 0.3 is 0 Å². The van der Waals surface area contributed by atoms with Gasteiger partial charge in [0.2, 0.25) is 5.43 Å². The Morgan fingerprint density at radius 1 is 1.06 bits per heavy atom. The molecule has 0 radical (unpaired) electrons. The van der Waals surface area contributed by atoms with Crippen LogP contribution in [0.1, 0.15) is 48.9 Å². The Morgan fingerprint density at radius 3 is 2.66 bits per heavy atom. The summed E-state index contributed by atoms with van der Waals surface area (Å²) in [6, 6.07) is 4.30. The number of aromatic nitrogens is 1. The van der Waals surface area contributed by atoms with E-state index in [1.807, 2.05) is 16.5 Å². The number of nitrogens with zero attached hydrogens (tertiary/aromatic N) is 3. The molecule has 1 aromatic heterocycles. The van der Waals surface area contributed by atoms with Crippen LogP contribution in [0.2, 0.25) is 0 Å². The minimum atomic E-state index is -0.289. The molecule has 4 atom stereocenters. The third-order valence-corrected chi connectivity index (χ3v) is 8.84. The second-order valence-corrected chi connectivity index (χ2v) is 10.7. The number of likely N-dealkylation sites (tertiary alicyclic amines) is 1. The summed E-state index contributed by atoms with van der Waals surface area (Å²) < 4.78 is 12.9. The van der Waals surface area contributed by atoms with E-state index < -0.39 is 0 Å². The number of carbonyl (C=O) groups excluding carboxylic acids is 1. The van der Waals surface area contributed by atoms with E-state index in [0.717, 1.165) is 25.8 Å². The monoisotopic (exact) mass is 477 g/mol. The van der Waals surface area contributed by atoms with Gasteiger partial charge in [0.15, 0.2) is 0 Å². The number of benzene rings is 1. The third-order valence-electron chi connectivity index (χ3n) is 8.84. The SMILES string of the molecule is COc1ccc(OC)c2c1c(=O)c(C(=O)N1CCCC3=CC4CC(CN5CCCCC45)C31)cn2C. The molecule has 0 spiro atoms. The van der Waals surface area contributed by atoms with Gasteiger partial charge in [0.05, 0.1) is 31.2 Å². The van der Waals surface area contributed by atoms with E-state index in [2.05, 4.69) is 11.0 Å². The van der Waals surface area contributed by atoms with Crippen LogP contribution in [-0.4, -0.2) is 66.2 Å². The van der Waals surface area contributed by atoms with Crippen LogP contribution >= 0.6 is 0 Å². The fourth-order valence-electron chi connectivity index (χ4n) is 7.42. The Labute approximate surface area is 206 Å². The molecule has 0 saturated carbocycles. The molecule has 3 aliphatic heterocycles. The van der Waals surface area contributed by atoms with Crippen LogP contribution in [0.5, 0.6) is 11.5 Å². The molecular formula is C28H35N3O4. The van der Waals surface area contributed by atoms with E-state index in [0.29, 0.717) is 46.8 Å². The van der Waals surface area contributed by atoms with Crippen molar-refractivity contribution in [1.29, 1.82) is 0 Å². The van der Waals surface area contributed by atoms with Crippen molar-refractivity contribution in [3.8, 4) is 11.5 Å². The molecular weight excluding hydrogens is 442 g/mol. The Kier molecular flexibility index (Phi) is 5.63. The molecule has 186 valence electrons. The lowest BCUT2D eigenvalue weighted by Crippen LogP contribution is -2.60. The van der Waals surface area contributed by atoms with Gasteiger partial charge in [-0.25, -0.2) is 0 Å². The van der Waals surface area contributed by atoms with Gasteiger partial charge in [-0.15, -0.1) is 0 Å². The first-order valence-electron chi connectivity index (χ1n) is 13.0. The highest BCUT2D eigenvalue weighted by molar-refractivity contribution is 6.00. The Bertz CT molecular complexity index is 1270. The maximum absolute atomic E-state index is 14.1. The quantitative estimate of drug-likeness (QED) is 0.633. The van der Waals surface area contributed by atoms with Crippen molar-refractivity contribution in [2.75, 3.05) is 33.9 Å². The molecule has 1 amide bonds. The number of hydrogen-bond acceptors (Lipinski definition) is 5. The smallest absolute Gasteiger partial charge is 0.259 e. The van der Waals surface area contributed by atoms with Gasteiger partial charge in [0, 0.05) is 32.4 Å². The molecule has 35 heavy (non-hydrogen) atoms. The van der Waals surface area contributed by atoms with Gasteiger partial charge in [0.1, 0.15) is 17.1 Å². The van der Waals surface area contributed by atoms with Crippen molar-refractivity contribution in [3.05, 3.63) is 45.8 Å². The first-order chi connectivity index (χ1) is 17.0. The molecule has 6 rings (SSSR count). The van der Waals surface area contributed by atoms with E-state index in [4.69, 9.17) is 9.47 Å². The first kappa shape index (κ1) is 22.7. The first-order valence-corrected chi connectivity index (χ1v) is 13.0. The van der Waals surface area contributed by atoms with Crippen molar-refractivity contribution in [1.82, 2.24) is 14.4 Å². The zero-order chi connectivity index (χ0) is 24.3. The summed E-state index contributed by atoms with van der Waals surface area (Å²) in [5.41, 5.74) is 1.98. The molecule has 4 aliphatic rings. The maximum atomic E-state index is 14.1. The molecule has 1 aliphatic carbocycles. The summed E-state index contributed by atoms with van der Waals surface area (Å²) in [6.45, 7) is 2.93. The Hall–Kier alpha value is -2.80. The average Bonchev–Trinajstić information content (AvgIpc) is 2.89. The second-order valence-electron chi connectivity index (χ2n) is 10.7. The van der Waals surface area contributed by atoms with Crippen LogP contribution in [-0.2, 0) is 7.05 Å². The van der Waals surface area contributed by atoms with Crippen LogP contribution < -0.4 is 14.9 Å². The van der Waals surface area contributed by atoms with Gasteiger partial charge in [-0.1, -0.05) is 18.1 Å². The van der Waals surface area contributed by atoms with Crippen LogP contribution in [0.15, 0.2) is 34.8 Å². The third kappa shape index (κ3) is 3.50. The number of fused-ring (bicyclic) bond motifs is 7. The number of aryl methyl sites for hydroxylation is 1. The summed E-state index contributed by atoms with van der Waals surface area (Å²) in [5, 5.41) is 0.394. The lowest BCUT2D eigenvalue weighted by atomic mass is 9.68. The Morgan fingerprint density at radius 2 is 1.86 bits per heavy atom. The molecule has 4 unspecified atom stereocenters. The predicted molar refractivity (Wildman–Crippen MR) is 135 cm³/mol. The maximum Gasteiger partial charge on any atom is 0.259 e. The molecule has 3 saturated heterocycles. The second kappa shape index (κ2) is 8.70. The minimum absolute atomic E-state index is 0.1000. The fraction of sp³-hybridized carbons (Fsp3) is 0.571. The molecule has 1 aromatic carbocycles. The highest BCUT2D eigenvalue weighted by atomic mass is 16.5. The summed E-state index contributed by atoms with van der Waals surface area (Å²) in [7, 11) is 4.98. The molecule has 0 N–H and O–H groups in total. The minimum Gasteiger partial charge on any atom is -0.496 e. The van der Waals surface area contributed by atoms with E-state index in [1.54, 1.807) is 32.5 Å². The van der Waals surface area contributed by atoms with Gasteiger partial charge < -0.3 is 18.9 Å². The Balaban J connectivity index is 1.42. The van der Waals surface area contributed by atoms with E-state index in [-0.39, 0.29) is 22.9 Å². The highest BCUT2D eigenvalue weighted by Crippen LogP contribution is 2.45. The fourth-order valence-corrected chi connectivity index (χ4v) is 7.42. The summed E-state index contributed by atoms with van der Waals surface area (Å²) >= 11 is 0. The van der Waals surface area contributed by atoms with Crippen molar-refractivity contribution in [3.63, 3.8) is 0 Å². The lowest BCUT2D eigenvalue weighted by Gasteiger charge is -2.54. The van der Waals surface area contributed by atoms with Crippen LogP contribution in [0.4, 0.5) is 0 Å². The largest absolute Gasteiger partial charge is 0.496 e. The number of piperidine rings is 3. The highest BCUT2D eigenvalue weighted by Gasteiger charge is 2.47. The standard InChI is InChI=1S/C28H35N3O4/c1-29-16-20(27(32)24-22(34-2)9-10-23(35-3)26(24)29)28(33)31-12-6-7-17-13-18-14-19(25(17)31)15-30-11-5-4-8-21(18)30/h9-10,13,16,18-19,21,25H,4-8,11-12,14-15H2,1-3H3. The van der Waals surface area contributed by atoms with Crippen molar-refractivity contribution >= 4 is 16.8 Å². The van der Waals surface area contributed by atoms with Gasteiger partial charge in [-0.3, -0.25) is 14.5 Å². The van der Waals surface area contributed by atoms with Crippen molar-refractivity contribution < 1.29 is 14.3 Å². The van der Waals surface area contributed by atoms with Gasteiger partial charge in [-0.2, -0.15) is 0 Å². The molecule has 7 nitrogen and oxygen atoms in total. The topological polar surface area (TPSA) is 64.0 Å². The van der Waals surface area contributed by atoms with Gasteiger partial charge in [0.25, 0.3) is 5.91 Å². The zero-order valence-corrected chi connectivity index (χ0v) is 21.0. The molecule has 7 heteroatoms. The van der Waals surface area contributed by atoms with E-state index in [1.165, 1.54) is 31.4 Å². The molecule has 2 bridgehead atoms. The molecule has 2 aromatic rings. The van der Waals surface area contributed by atoms with Crippen LogP contribution in [0.25, 0.3) is 10.9 Å². The van der Waals surface area contributed by atoms with E-state index in [9.17, 15) is 9.59 Å². The zero-order valence-electron chi connectivity index (χ0n) is 21.0. The number of hydrogen-bond donors (Lipinski definition) is 0. The average molecular weight is 478 g/mol. The number of pyridine rings is 1. The van der Waals surface area contributed by atoms with Crippen molar-refractivity contribution in [2.24, 2.45) is 18.9 Å². The summed E-state index contributed by atoms with van der Waals surface area (Å²) in [4.78, 5) is 32.5. The number of methoxy groups -OCH3 is 2. The summed E-state index contributed by atoms with van der Waals surface area (Å²) in [5.74, 6) is 1.93. The van der Waals surface area contributed by atoms with Gasteiger partial charge in [-0.05, 0) is 62.6 Å². The van der Waals surface area contributed by atoms with Crippen LogP contribution in [0.3, 0.4) is 0 Å². The lowest BCUT2D eigenvalue weighted by molar-refractivity contribution is 0.00142. The molecule has 4 heterocycles. The number of rotatable bonds is 3. The number of carbonyl (C=O) groups is 1. The normalized spacial score (nSPS) is 28.2. The molecule has 3 fully saturated rings.